The van der Waals surface area contributed by atoms with E-state index in [4.69, 9.17) is 9.26 Å². The molecule has 0 bridgehead atoms. The summed E-state index contributed by atoms with van der Waals surface area (Å²) in [5.74, 6) is -0.396. The highest BCUT2D eigenvalue weighted by molar-refractivity contribution is 7.45. The average molecular weight is 508 g/mol. The fourth-order valence-electron chi connectivity index (χ4n) is 3.11. The molecule has 2 atom stereocenters. The Balaban J connectivity index is 3.61. The quantitative estimate of drug-likeness (QED) is 0.0700. The van der Waals surface area contributed by atoms with Gasteiger partial charge in [0.25, 0.3) is 7.82 Å². The molecule has 0 amide bonds. The Kier molecular flexibility index (Phi) is 20.0. The molecule has 0 spiro atoms. The number of nitrogens with zero attached hydrogens (tertiary/aromatic N) is 1. The molecule has 0 rings (SSSR count). The Morgan fingerprint density at radius 3 is 2.06 bits per heavy atom. The van der Waals surface area contributed by atoms with Gasteiger partial charge >= 0.3 is 5.97 Å². The Bertz CT molecular complexity index is 578. The van der Waals surface area contributed by atoms with E-state index < -0.39 is 26.5 Å². The van der Waals surface area contributed by atoms with Gasteiger partial charge in [-0.25, -0.2) is 0 Å². The molecule has 1 N–H and O–H groups in total. The summed E-state index contributed by atoms with van der Waals surface area (Å²) in [4.78, 5) is 23.5. The van der Waals surface area contributed by atoms with Gasteiger partial charge in [0.2, 0.25) is 0 Å². The highest BCUT2D eigenvalue weighted by Crippen LogP contribution is 2.38. The summed E-state index contributed by atoms with van der Waals surface area (Å²) < 4.78 is 26.6. The van der Waals surface area contributed by atoms with Crippen molar-refractivity contribution in [3.05, 3.63) is 12.2 Å². The van der Waals surface area contributed by atoms with Crippen molar-refractivity contribution in [2.75, 3.05) is 47.5 Å². The van der Waals surface area contributed by atoms with Crippen LogP contribution >= 0.6 is 7.82 Å². The molecule has 8 nitrogen and oxygen atoms in total. The highest BCUT2D eigenvalue weighted by Gasteiger charge is 2.16. The van der Waals surface area contributed by atoms with E-state index in [1.54, 1.807) is 0 Å². The van der Waals surface area contributed by atoms with E-state index in [0.29, 0.717) is 17.4 Å². The lowest BCUT2D eigenvalue weighted by Gasteiger charge is -2.27. The molecule has 1 unspecified atom stereocenters. The van der Waals surface area contributed by atoms with Gasteiger partial charge in [-0.2, -0.15) is 0 Å². The van der Waals surface area contributed by atoms with Crippen molar-refractivity contribution in [2.24, 2.45) is 0 Å². The van der Waals surface area contributed by atoms with Crippen molar-refractivity contribution in [3.63, 3.8) is 0 Å². The molecule has 0 heterocycles. The van der Waals surface area contributed by atoms with Crippen LogP contribution in [-0.4, -0.2) is 69.2 Å². The van der Waals surface area contributed by atoms with Crippen LogP contribution in [-0.2, 0) is 23.1 Å². The molecular formula is C25H50NO7P. The van der Waals surface area contributed by atoms with Gasteiger partial charge in [-0.3, -0.25) is 9.36 Å². The maximum absolute atomic E-state index is 11.8. The highest BCUT2D eigenvalue weighted by atomic mass is 31.2. The zero-order valence-corrected chi connectivity index (χ0v) is 22.9. The molecule has 202 valence electrons. The van der Waals surface area contributed by atoms with Gasteiger partial charge in [0, 0.05) is 6.42 Å². The molecule has 0 aliphatic rings. The second-order valence-corrected chi connectivity index (χ2v) is 11.3. The number of esters is 1. The number of phosphoric ester groups is 1. The smallest absolute Gasteiger partial charge is 0.305 e. The SMILES string of the molecule is CCCCCC/C=C\CCCCCCCCC(=O)OC[C@@H](O)COP(=O)([O-])OCC[N+](C)(C)C. The Morgan fingerprint density at radius 1 is 0.912 bits per heavy atom. The fourth-order valence-corrected chi connectivity index (χ4v) is 3.85. The van der Waals surface area contributed by atoms with Crippen molar-refractivity contribution >= 4 is 13.8 Å². The van der Waals surface area contributed by atoms with Crippen molar-refractivity contribution in [3.8, 4) is 0 Å². The lowest BCUT2D eigenvalue weighted by atomic mass is 10.1. The molecule has 0 aromatic carbocycles. The Labute approximate surface area is 207 Å². The van der Waals surface area contributed by atoms with Crippen LogP contribution in [0.5, 0.6) is 0 Å². The number of hydrogen-bond acceptors (Lipinski definition) is 7. The van der Waals surface area contributed by atoms with E-state index >= 15 is 0 Å². The second kappa shape index (κ2) is 20.4. The van der Waals surface area contributed by atoms with Crippen molar-refractivity contribution in [2.45, 2.75) is 96.5 Å². The number of aliphatic hydroxyl groups excluding tert-OH is 1. The average Bonchev–Trinajstić information content (AvgIpc) is 2.75. The van der Waals surface area contributed by atoms with Crippen molar-refractivity contribution < 1.29 is 37.6 Å². The first kappa shape index (κ1) is 33.2. The number of allylic oxidation sites excluding steroid dienone is 2. The maximum atomic E-state index is 11.8. The number of likely N-dealkylation sites (N-methyl/N-ethyl adjacent to an activating group) is 1. The zero-order valence-electron chi connectivity index (χ0n) is 22.0. The number of unbranched alkanes of at least 4 members (excludes halogenated alkanes) is 10. The van der Waals surface area contributed by atoms with Crippen LogP contribution in [0.15, 0.2) is 12.2 Å². The first-order valence-electron chi connectivity index (χ1n) is 12.9. The topological polar surface area (TPSA) is 105 Å². The van der Waals surface area contributed by atoms with E-state index in [-0.39, 0.29) is 13.2 Å². The third kappa shape index (κ3) is 24.4. The number of aliphatic hydroxyl groups is 1. The molecule has 0 aliphatic heterocycles. The maximum Gasteiger partial charge on any atom is 0.305 e. The summed E-state index contributed by atoms with van der Waals surface area (Å²) in [5, 5.41) is 9.78. The van der Waals surface area contributed by atoms with Gasteiger partial charge in [0.15, 0.2) is 0 Å². The third-order valence-corrected chi connectivity index (χ3v) is 6.23. The first-order valence-corrected chi connectivity index (χ1v) is 14.4. The summed E-state index contributed by atoms with van der Waals surface area (Å²) in [6.07, 6.45) is 17.7. The number of phosphoric acid groups is 1. The van der Waals surface area contributed by atoms with Crippen LogP contribution in [0.4, 0.5) is 0 Å². The zero-order chi connectivity index (χ0) is 25.7. The van der Waals surface area contributed by atoms with Crippen molar-refractivity contribution in [1.29, 1.82) is 0 Å². The number of carbonyl (C=O) groups is 1. The molecule has 0 saturated heterocycles. The summed E-state index contributed by atoms with van der Waals surface area (Å²) in [6.45, 7) is 1.91. The minimum atomic E-state index is -4.49. The van der Waals surface area contributed by atoms with Gasteiger partial charge in [-0.15, -0.1) is 0 Å². The number of carbonyl (C=O) groups excluding carboxylic acids is 1. The molecule has 0 radical (unpaired) electrons. The Morgan fingerprint density at radius 2 is 1.47 bits per heavy atom. The summed E-state index contributed by atoms with van der Waals surface area (Å²) >= 11 is 0. The van der Waals surface area contributed by atoms with E-state index in [2.05, 4.69) is 23.6 Å². The molecule has 0 saturated carbocycles. The van der Waals surface area contributed by atoms with E-state index in [1.807, 2.05) is 21.1 Å². The monoisotopic (exact) mass is 507 g/mol. The molecule has 0 aromatic rings. The van der Waals surface area contributed by atoms with E-state index in [0.717, 1.165) is 25.7 Å². The number of hydrogen-bond donors (Lipinski definition) is 1. The van der Waals surface area contributed by atoms with Gasteiger partial charge in [0.1, 0.15) is 25.9 Å². The lowest BCUT2D eigenvalue weighted by Crippen LogP contribution is -2.37. The van der Waals surface area contributed by atoms with Crippen LogP contribution in [0.3, 0.4) is 0 Å². The molecular weight excluding hydrogens is 457 g/mol. The predicted octanol–water partition coefficient (Wildman–Crippen LogP) is 4.75. The van der Waals surface area contributed by atoms with Gasteiger partial charge < -0.3 is 28.3 Å². The summed E-state index contributed by atoms with van der Waals surface area (Å²) in [6, 6.07) is 0. The van der Waals surface area contributed by atoms with Crippen LogP contribution in [0.25, 0.3) is 0 Å². The van der Waals surface area contributed by atoms with Crippen LogP contribution < -0.4 is 4.89 Å². The first-order chi connectivity index (χ1) is 16.1. The molecule has 34 heavy (non-hydrogen) atoms. The molecule has 0 fully saturated rings. The summed E-state index contributed by atoms with van der Waals surface area (Å²) in [5.41, 5.74) is 0. The van der Waals surface area contributed by atoms with Crippen LogP contribution in [0.2, 0.25) is 0 Å². The third-order valence-electron chi connectivity index (χ3n) is 5.27. The minimum absolute atomic E-state index is 0.00833. The summed E-state index contributed by atoms with van der Waals surface area (Å²) in [7, 11) is 1.24. The second-order valence-electron chi connectivity index (χ2n) is 9.91. The number of rotatable bonds is 23. The largest absolute Gasteiger partial charge is 0.756 e. The van der Waals surface area contributed by atoms with E-state index in [9.17, 15) is 19.4 Å². The number of quaternary nitrogens is 1. The normalized spacial score (nSPS) is 14.9. The van der Waals surface area contributed by atoms with Crippen LogP contribution in [0, 0.1) is 0 Å². The molecule has 0 aliphatic carbocycles. The molecule has 0 aromatic heterocycles. The number of ether oxygens (including phenoxy) is 1. The lowest BCUT2D eigenvalue weighted by molar-refractivity contribution is -0.870. The van der Waals surface area contributed by atoms with Gasteiger partial charge in [-0.05, 0) is 32.1 Å². The fraction of sp³-hybridized carbons (Fsp3) is 0.880. The van der Waals surface area contributed by atoms with Crippen LogP contribution in [0.1, 0.15) is 90.4 Å². The molecule has 9 heteroatoms. The van der Waals surface area contributed by atoms with Gasteiger partial charge in [-0.1, -0.05) is 64.0 Å². The standard InChI is InChI=1S/C25H50NO7P/c1-5-6-7-8-9-10-11-12-13-14-15-16-17-18-19-25(28)31-22-24(27)23-33-34(29,30)32-21-20-26(2,3)4/h10-11,24,27H,5-9,12-23H2,1-4H3/b11-10-/t24-/m1/s1. The minimum Gasteiger partial charge on any atom is -0.756 e. The predicted molar refractivity (Wildman–Crippen MR) is 134 cm³/mol. The Hall–Kier alpha value is -0.760. The van der Waals surface area contributed by atoms with Crippen molar-refractivity contribution in [1.82, 2.24) is 0 Å². The van der Waals surface area contributed by atoms with E-state index in [1.165, 1.54) is 51.4 Å². The van der Waals surface area contributed by atoms with Gasteiger partial charge in [0.05, 0.1) is 27.7 Å².